The molecule has 0 spiro atoms. The van der Waals surface area contributed by atoms with Gasteiger partial charge in [-0.2, -0.15) is 4.08 Å². The lowest BCUT2D eigenvalue weighted by Gasteiger charge is -2.40. The Hall–Kier alpha value is 0.280. The van der Waals surface area contributed by atoms with E-state index in [1.54, 1.807) is 4.08 Å². The van der Waals surface area contributed by atoms with Crippen LogP contribution in [0.15, 0.2) is 0 Å². The van der Waals surface area contributed by atoms with Crippen LogP contribution in [0.3, 0.4) is 0 Å². The number of nitrogens with one attached hydrogen (secondary N) is 1. The second-order valence-corrected chi connectivity index (χ2v) is 9.15. The van der Waals surface area contributed by atoms with Crippen LogP contribution in [-0.4, -0.2) is 35.9 Å². The molecule has 0 aromatic carbocycles. The summed E-state index contributed by atoms with van der Waals surface area (Å²) in [6.07, 6.45) is -1.55. The van der Waals surface area contributed by atoms with E-state index in [0.29, 0.717) is 19.8 Å². The maximum Gasteiger partial charge on any atom is 0.398 e. The first-order valence-corrected chi connectivity index (χ1v) is 9.06. The minimum Gasteiger partial charge on any atom is -0.318 e. The summed E-state index contributed by atoms with van der Waals surface area (Å²) in [6.45, 7) is 5.16. The summed E-state index contributed by atoms with van der Waals surface area (Å²) >= 11 is 6.63. The molecule has 0 radical (unpaired) electrons. The first-order valence-electron chi connectivity index (χ1n) is 5.52. The van der Waals surface area contributed by atoms with Gasteiger partial charge in [-0.3, -0.25) is 0 Å². The summed E-state index contributed by atoms with van der Waals surface area (Å²) in [5, 5.41) is 2.06. The molecule has 1 aliphatic rings. The fraction of sp³-hybridized carbons (Fsp3) is 0.889. The molecule has 1 saturated heterocycles. The highest BCUT2D eigenvalue weighted by atomic mass is 32.5. The van der Waals surface area contributed by atoms with Gasteiger partial charge >= 0.3 is 6.16 Å². The fourth-order valence-electron chi connectivity index (χ4n) is 1.22. The lowest BCUT2D eigenvalue weighted by molar-refractivity contribution is 0.0509. The van der Waals surface area contributed by atoms with Crippen molar-refractivity contribution in [2.24, 2.45) is 5.41 Å². The molecule has 1 aliphatic heterocycles. The van der Waals surface area contributed by atoms with Crippen LogP contribution in [0.1, 0.15) is 20.8 Å². The van der Waals surface area contributed by atoms with Crippen LogP contribution in [0.25, 0.3) is 0 Å². The molecule has 1 heterocycles. The van der Waals surface area contributed by atoms with Crippen molar-refractivity contribution in [3.05, 3.63) is 0 Å². The van der Waals surface area contributed by atoms with Crippen LogP contribution in [0.5, 0.6) is 0 Å². The summed E-state index contributed by atoms with van der Waals surface area (Å²) in [5.41, 5.74) is -0.0421. The Bertz CT molecular complexity index is 343. The third kappa shape index (κ3) is 4.75. The molecule has 0 saturated carbocycles. The van der Waals surface area contributed by atoms with Gasteiger partial charge in [0.1, 0.15) is 0 Å². The Balaban J connectivity index is 2.54. The molecule has 1 rings (SSSR count). The highest BCUT2D eigenvalue weighted by Crippen LogP contribution is 2.59. The van der Waals surface area contributed by atoms with Gasteiger partial charge < -0.3 is 14.4 Å². The van der Waals surface area contributed by atoms with Crippen molar-refractivity contribution in [1.82, 2.24) is 9.39 Å². The molecule has 0 bridgehead atoms. The minimum atomic E-state index is -2.51. The number of nitrogens with zero attached hydrogens (tertiary/aromatic N) is 1. The largest absolute Gasteiger partial charge is 0.398 e. The molecule has 0 aromatic heterocycles. The molecule has 5 nitrogen and oxygen atoms in total. The summed E-state index contributed by atoms with van der Waals surface area (Å²) in [4.78, 5) is 10.2. The average Bonchev–Trinajstić information content (AvgIpc) is 2.29. The van der Waals surface area contributed by atoms with Crippen molar-refractivity contribution in [2.45, 2.75) is 20.8 Å². The van der Waals surface area contributed by atoms with Crippen LogP contribution < -0.4 is 5.32 Å². The first-order chi connectivity index (χ1) is 8.29. The number of amides is 1. The van der Waals surface area contributed by atoms with Gasteiger partial charge in [0, 0.05) is 12.0 Å². The van der Waals surface area contributed by atoms with E-state index in [4.69, 9.17) is 20.9 Å². The molecule has 0 unspecified atom stereocenters. The van der Waals surface area contributed by atoms with E-state index in [9.17, 15) is 9.18 Å². The Kier molecular flexibility index (Phi) is 6.02. The molecule has 18 heavy (non-hydrogen) atoms. The SMILES string of the molecule is CCN(SCNC(=O)F)P1(=S)OCC(C)(C)CO1. The highest BCUT2D eigenvalue weighted by Gasteiger charge is 2.37. The Morgan fingerprint density at radius 2 is 2.11 bits per heavy atom. The third-order valence-electron chi connectivity index (χ3n) is 2.21. The minimum absolute atomic E-state index is 0.0421. The van der Waals surface area contributed by atoms with Gasteiger partial charge in [0.15, 0.2) is 0 Å². The van der Waals surface area contributed by atoms with Crippen LogP contribution in [-0.2, 0) is 20.9 Å². The summed E-state index contributed by atoms with van der Waals surface area (Å²) in [5.74, 6) is 0.109. The van der Waals surface area contributed by atoms with Crippen molar-refractivity contribution in [2.75, 3.05) is 25.6 Å². The lowest BCUT2D eigenvalue weighted by atomic mass is 9.97. The van der Waals surface area contributed by atoms with Crippen molar-refractivity contribution in [1.29, 1.82) is 0 Å². The number of hydrogen-bond donors (Lipinski definition) is 1. The van der Waals surface area contributed by atoms with Gasteiger partial charge in [0.2, 0.25) is 0 Å². The lowest BCUT2D eigenvalue weighted by Crippen LogP contribution is -2.33. The molecule has 1 fully saturated rings. The van der Waals surface area contributed by atoms with E-state index in [1.165, 1.54) is 11.9 Å². The summed E-state index contributed by atoms with van der Waals surface area (Å²) in [6, 6.07) is 0. The van der Waals surface area contributed by atoms with E-state index in [-0.39, 0.29) is 11.3 Å². The Labute approximate surface area is 116 Å². The number of rotatable bonds is 5. The van der Waals surface area contributed by atoms with E-state index in [0.717, 1.165) is 0 Å². The smallest absolute Gasteiger partial charge is 0.318 e. The predicted molar refractivity (Wildman–Crippen MR) is 74.4 cm³/mol. The monoisotopic (exact) mass is 316 g/mol. The molecule has 0 aromatic rings. The molecule has 9 heteroatoms. The average molecular weight is 316 g/mol. The van der Waals surface area contributed by atoms with Crippen LogP contribution in [0.2, 0.25) is 0 Å². The number of carbonyl (C=O) groups is 1. The molecule has 106 valence electrons. The van der Waals surface area contributed by atoms with Gasteiger partial charge in [0.05, 0.1) is 19.1 Å². The van der Waals surface area contributed by atoms with E-state index >= 15 is 0 Å². The quantitative estimate of drug-likeness (QED) is 0.277. The molecule has 0 aliphatic carbocycles. The van der Waals surface area contributed by atoms with Crippen molar-refractivity contribution < 1.29 is 18.2 Å². The van der Waals surface area contributed by atoms with Crippen molar-refractivity contribution in [3.63, 3.8) is 0 Å². The van der Waals surface area contributed by atoms with Crippen LogP contribution in [0, 0.1) is 5.41 Å². The number of hydrogen-bond acceptors (Lipinski definition) is 5. The molecule has 1 amide bonds. The van der Waals surface area contributed by atoms with Crippen molar-refractivity contribution >= 4 is 36.6 Å². The number of halogens is 1. The van der Waals surface area contributed by atoms with E-state index < -0.39 is 12.8 Å². The van der Waals surface area contributed by atoms with E-state index in [1.807, 2.05) is 20.8 Å². The molecule has 0 atom stereocenters. The summed E-state index contributed by atoms with van der Waals surface area (Å²) in [7, 11) is 0. The molecular formula is C9H18FN2O3PS2. The summed E-state index contributed by atoms with van der Waals surface area (Å²) < 4.78 is 25.2. The topological polar surface area (TPSA) is 50.8 Å². The fourth-order valence-corrected chi connectivity index (χ4v) is 5.54. The normalized spacial score (nSPS) is 21.8. The third-order valence-corrected chi connectivity index (χ3v) is 7.30. The predicted octanol–water partition coefficient (Wildman–Crippen LogP) is 2.89. The first kappa shape index (κ1) is 16.3. The zero-order valence-electron chi connectivity index (χ0n) is 10.6. The molecular weight excluding hydrogens is 298 g/mol. The Morgan fingerprint density at radius 1 is 1.56 bits per heavy atom. The van der Waals surface area contributed by atoms with Gasteiger partial charge in [-0.25, -0.2) is 4.79 Å². The van der Waals surface area contributed by atoms with Crippen LogP contribution >= 0.6 is 18.6 Å². The zero-order chi connectivity index (χ0) is 13.8. The highest BCUT2D eigenvalue weighted by molar-refractivity contribution is 8.15. The second-order valence-electron chi connectivity index (χ2n) is 4.57. The van der Waals surface area contributed by atoms with Gasteiger partial charge in [-0.05, 0) is 23.8 Å². The number of carbonyl (C=O) groups excluding carboxylic acids is 1. The van der Waals surface area contributed by atoms with Gasteiger partial charge in [0.25, 0.3) is 6.64 Å². The standard InChI is InChI=1S/C9H18FN2O3PS2/c1-4-12(18-7-11-8(10)13)16(17)14-5-9(2,3)6-15-16/h4-7H2,1-3H3,(H,11,13). The maximum absolute atomic E-state index is 12.0. The van der Waals surface area contributed by atoms with Gasteiger partial charge in [-0.1, -0.05) is 20.8 Å². The zero-order valence-corrected chi connectivity index (χ0v) is 13.2. The molecule has 1 N–H and O–H groups in total. The van der Waals surface area contributed by atoms with Crippen molar-refractivity contribution in [3.8, 4) is 0 Å². The second kappa shape index (κ2) is 6.63. The van der Waals surface area contributed by atoms with Gasteiger partial charge in [-0.15, -0.1) is 4.39 Å². The Morgan fingerprint density at radius 3 is 2.56 bits per heavy atom. The maximum atomic E-state index is 12.0. The van der Waals surface area contributed by atoms with E-state index in [2.05, 4.69) is 5.32 Å². The van der Waals surface area contributed by atoms with Crippen LogP contribution in [0.4, 0.5) is 9.18 Å².